The third-order valence-electron chi connectivity index (χ3n) is 4.17. The van der Waals surface area contributed by atoms with E-state index in [1.54, 1.807) is 30.3 Å². The molecule has 0 aliphatic carbocycles. The Labute approximate surface area is 161 Å². The van der Waals surface area contributed by atoms with Crippen LogP contribution in [-0.4, -0.2) is 14.5 Å². The predicted octanol–water partition coefficient (Wildman–Crippen LogP) is 4.68. The number of nitrogens with one attached hydrogen (secondary N) is 1. The molecule has 0 bridgehead atoms. The predicted molar refractivity (Wildman–Crippen MR) is 99.8 cm³/mol. The average Bonchev–Trinajstić information content (AvgIpc) is 2.69. The van der Waals surface area contributed by atoms with Gasteiger partial charge < -0.3 is 5.32 Å². The van der Waals surface area contributed by atoms with Gasteiger partial charge in [-0.3, -0.25) is 9.78 Å². The molecule has 2 heterocycles. The quantitative estimate of drug-likeness (QED) is 0.507. The van der Waals surface area contributed by atoms with Gasteiger partial charge in [0.05, 0.1) is 34.0 Å². The SMILES string of the molecule is O=c1c2cc(F)ccc2nc(Nc2cncc(C(F)(F)F)c2)n1-c1ccccc1. The number of alkyl halides is 3. The first kappa shape index (κ1) is 18.6. The van der Waals surface area contributed by atoms with Crippen molar-refractivity contribution in [1.82, 2.24) is 14.5 Å². The van der Waals surface area contributed by atoms with Gasteiger partial charge in [-0.1, -0.05) is 18.2 Å². The van der Waals surface area contributed by atoms with Crippen molar-refractivity contribution in [3.63, 3.8) is 0 Å². The minimum Gasteiger partial charge on any atom is -0.324 e. The van der Waals surface area contributed by atoms with Crippen LogP contribution in [0.5, 0.6) is 0 Å². The normalized spacial score (nSPS) is 11.6. The van der Waals surface area contributed by atoms with Crippen molar-refractivity contribution < 1.29 is 17.6 Å². The highest BCUT2D eigenvalue weighted by Crippen LogP contribution is 2.30. The lowest BCUT2D eigenvalue weighted by Crippen LogP contribution is -2.23. The van der Waals surface area contributed by atoms with Crippen LogP contribution in [0.25, 0.3) is 16.6 Å². The third-order valence-corrected chi connectivity index (χ3v) is 4.17. The maximum atomic E-state index is 13.6. The number of halogens is 4. The van der Waals surface area contributed by atoms with E-state index in [0.717, 1.165) is 18.2 Å². The topological polar surface area (TPSA) is 59.8 Å². The second kappa shape index (κ2) is 7.01. The van der Waals surface area contributed by atoms with E-state index in [1.165, 1.54) is 16.8 Å². The van der Waals surface area contributed by atoms with Crippen molar-refractivity contribution in [2.75, 3.05) is 5.32 Å². The number of anilines is 2. The fourth-order valence-electron chi connectivity index (χ4n) is 2.85. The summed E-state index contributed by atoms with van der Waals surface area (Å²) in [5, 5.41) is 2.77. The van der Waals surface area contributed by atoms with Crippen molar-refractivity contribution in [3.05, 3.63) is 88.7 Å². The molecule has 2 aromatic heterocycles. The Bertz CT molecular complexity index is 1250. The van der Waals surface area contributed by atoms with Gasteiger partial charge >= 0.3 is 6.18 Å². The van der Waals surface area contributed by atoms with Crippen LogP contribution in [-0.2, 0) is 6.18 Å². The van der Waals surface area contributed by atoms with Crippen molar-refractivity contribution in [3.8, 4) is 5.69 Å². The average molecular weight is 400 g/mol. The number of rotatable bonds is 3. The highest BCUT2D eigenvalue weighted by Gasteiger charge is 2.31. The lowest BCUT2D eigenvalue weighted by atomic mass is 10.2. The second-order valence-electron chi connectivity index (χ2n) is 6.16. The van der Waals surface area contributed by atoms with Crippen LogP contribution >= 0.6 is 0 Å². The van der Waals surface area contributed by atoms with E-state index in [1.807, 2.05) is 0 Å². The van der Waals surface area contributed by atoms with Crippen LogP contribution in [0.4, 0.5) is 29.2 Å². The molecule has 146 valence electrons. The van der Waals surface area contributed by atoms with Crippen LogP contribution in [0, 0.1) is 5.82 Å². The summed E-state index contributed by atoms with van der Waals surface area (Å²) in [6.07, 6.45) is -2.68. The number of aromatic nitrogens is 3. The van der Waals surface area contributed by atoms with Crippen molar-refractivity contribution in [2.45, 2.75) is 6.18 Å². The molecule has 4 rings (SSSR count). The molecule has 1 N–H and O–H groups in total. The Morgan fingerprint density at radius 3 is 2.45 bits per heavy atom. The number of benzene rings is 2. The van der Waals surface area contributed by atoms with Crippen molar-refractivity contribution in [2.24, 2.45) is 0 Å². The number of fused-ring (bicyclic) bond motifs is 1. The summed E-state index contributed by atoms with van der Waals surface area (Å²) in [6, 6.07) is 12.8. The van der Waals surface area contributed by atoms with E-state index in [9.17, 15) is 22.4 Å². The Kier molecular flexibility index (Phi) is 4.50. The van der Waals surface area contributed by atoms with Crippen LogP contribution in [0.3, 0.4) is 0 Å². The maximum absolute atomic E-state index is 13.6. The van der Waals surface area contributed by atoms with E-state index >= 15 is 0 Å². The van der Waals surface area contributed by atoms with E-state index in [-0.39, 0.29) is 22.5 Å². The summed E-state index contributed by atoms with van der Waals surface area (Å²) in [6.45, 7) is 0. The van der Waals surface area contributed by atoms with Crippen LogP contribution in [0.2, 0.25) is 0 Å². The Hall–Kier alpha value is -3.75. The number of pyridine rings is 1. The molecule has 0 saturated carbocycles. The van der Waals surface area contributed by atoms with E-state index in [2.05, 4.69) is 15.3 Å². The van der Waals surface area contributed by atoms with Gasteiger partial charge in [-0.05, 0) is 36.4 Å². The van der Waals surface area contributed by atoms with Crippen molar-refractivity contribution >= 4 is 22.5 Å². The van der Waals surface area contributed by atoms with Crippen LogP contribution in [0.15, 0.2) is 71.8 Å². The van der Waals surface area contributed by atoms with Gasteiger partial charge in [0.1, 0.15) is 5.82 Å². The zero-order chi connectivity index (χ0) is 20.6. The van der Waals surface area contributed by atoms with Crippen molar-refractivity contribution in [1.29, 1.82) is 0 Å². The molecule has 0 amide bonds. The van der Waals surface area contributed by atoms with Gasteiger partial charge in [-0.15, -0.1) is 0 Å². The minimum atomic E-state index is -4.57. The summed E-state index contributed by atoms with van der Waals surface area (Å²) in [7, 11) is 0. The van der Waals surface area contributed by atoms with Gasteiger partial charge in [0.25, 0.3) is 5.56 Å². The number of hydrogen-bond acceptors (Lipinski definition) is 4. The standard InChI is InChI=1S/C20H12F4N4O/c21-13-6-7-17-16(9-13)18(29)28(15-4-2-1-3-5-15)19(27-17)26-14-8-12(10-25-11-14)20(22,23)24/h1-11H,(H,26,27). The lowest BCUT2D eigenvalue weighted by molar-refractivity contribution is -0.137. The Morgan fingerprint density at radius 1 is 0.966 bits per heavy atom. The van der Waals surface area contributed by atoms with Gasteiger partial charge in [0.15, 0.2) is 0 Å². The summed E-state index contributed by atoms with van der Waals surface area (Å²) >= 11 is 0. The zero-order valence-corrected chi connectivity index (χ0v) is 14.6. The molecule has 29 heavy (non-hydrogen) atoms. The molecule has 0 spiro atoms. The first-order valence-corrected chi connectivity index (χ1v) is 8.40. The largest absolute Gasteiger partial charge is 0.417 e. The molecule has 4 aromatic rings. The molecular formula is C20H12F4N4O. The fraction of sp³-hybridized carbons (Fsp3) is 0.0500. The van der Waals surface area contributed by atoms with E-state index < -0.39 is 23.1 Å². The second-order valence-corrected chi connectivity index (χ2v) is 6.16. The third kappa shape index (κ3) is 3.66. The summed E-state index contributed by atoms with van der Waals surface area (Å²) in [5.74, 6) is -0.625. The van der Waals surface area contributed by atoms with Gasteiger partial charge in [-0.2, -0.15) is 13.2 Å². The molecule has 0 radical (unpaired) electrons. The number of hydrogen-bond donors (Lipinski definition) is 1. The van der Waals surface area contributed by atoms with Crippen LogP contribution < -0.4 is 10.9 Å². The highest BCUT2D eigenvalue weighted by atomic mass is 19.4. The summed E-state index contributed by atoms with van der Waals surface area (Å²) < 4.78 is 53.8. The van der Waals surface area contributed by atoms with Gasteiger partial charge in [0, 0.05) is 6.20 Å². The number of nitrogens with zero attached hydrogens (tertiary/aromatic N) is 3. The molecule has 0 fully saturated rings. The monoisotopic (exact) mass is 400 g/mol. The molecule has 9 heteroatoms. The summed E-state index contributed by atoms with van der Waals surface area (Å²) in [4.78, 5) is 21.0. The molecular weight excluding hydrogens is 388 g/mol. The molecule has 2 aromatic carbocycles. The molecule has 0 aliphatic heterocycles. The Morgan fingerprint density at radius 2 is 1.72 bits per heavy atom. The minimum absolute atomic E-state index is 0.00197. The van der Waals surface area contributed by atoms with E-state index in [0.29, 0.717) is 11.9 Å². The summed E-state index contributed by atoms with van der Waals surface area (Å²) in [5.41, 5.74) is -0.899. The molecule has 0 unspecified atom stereocenters. The Balaban J connectivity index is 1.92. The molecule has 0 aliphatic rings. The maximum Gasteiger partial charge on any atom is 0.417 e. The first-order valence-electron chi connectivity index (χ1n) is 8.40. The molecule has 0 atom stereocenters. The number of para-hydroxylation sites is 1. The first-order chi connectivity index (χ1) is 13.8. The molecule has 0 saturated heterocycles. The van der Waals surface area contributed by atoms with Gasteiger partial charge in [0.2, 0.25) is 5.95 Å². The van der Waals surface area contributed by atoms with E-state index in [4.69, 9.17) is 0 Å². The highest BCUT2D eigenvalue weighted by molar-refractivity contribution is 5.80. The zero-order valence-electron chi connectivity index (χ0n) is 14.6. The molecule has 5 nitrogen and oxygen atoms in total. The smallest absolute Gasteiger partial charge is 0.324 e. The van der Waals surface area contributed by atoms with Crippen LogP contribution in [0.1, 0.15) is 5.56 Å². The van der Waals surface area contributed by atoms with Gasteiger partial charge in [-0.25, -0.2) is 13.9 Å². The fourth-order valence-corrected chi connectivity index (χ4v) is 2.85. The lowest BCUT2D eigenvalue weighted by Gasteiger charge is -2.15.